The van der Waals surface area contributed by atoms with Crippen LogP contribution in [0.1, 0.15) is 20.3 Å². The van der Waals surface area contributed by atoms with Gasteiger partial charge in [0.05, 0.1) is 4.92 Å². The molecule has 2 N–H and O–H groups in total. The Morgan fingerprint density at radius 3 is 2.71 bits per heavy atom. The number of aliphatic hydroxyl groups is 1. The summed E-state index contributed by atoms with van der Waals surface area (Å²) in [4.78, 5) is 10.0. The number of nitrogens with zero attached hydrogens (tertiary/aromatic N) is 1. The number of rotatable bonds is 5. The van der Waals surface area contributed by atoms with Crippen LogP contribution in [0.15, 0.2) is 18.2 Å². The van der Waals surface area contributed by atoms with E-state index in [1.807, 2.05) is 0 Å². The Hall–Kier alpha value is -1.69. The minimum atomic E-state index is -0.875. The van der Waals surface area contributed by atoms with E-state index in [2.05, 4.69) is 5.32 Å². The van der Waals surface area contributed by atoms with Crippen LogP contribution in [0.25, 0.3) is 0 Å². The lowest BCUT2D eigenvalue weighted by molar-refractivity contribution is -0.386. The minimum Gasteiger partial charge on any atom is -0.396 e. The molecule has 1 aromatic rings. The molecule has 94 valence electrons. The van der Waals surface area contributed by atoms with Gasteiger partial charge < -0.3 is 10.4 Å². The van der Waals surface area contributed by atoms with Crippen LogP contribution >= 0.6 is 0 Å². The molecule has 0 heterocycles. The second kappa shape index (κ2) is 5.09. The van der Waals surface area contributed by atoms with Crippen molar-refractivity contribution < 1.29 is 14.4 Å². The molecule has 1 rings (SSSR count). The lowest BCUT2D eigenvalue weighted by Crippen LogP contribution is -2.32. The van der Waals surface area contributed by atoms with Gasteiger partial charge in [0.2, 0.25) is 5.82 Å². The van der Waals surface area contributed by atoms with Gasteiger partial charge in [-0.3, -0.25) is 10.1 Å². The molecule has 0 atom stereocenters. The van der Waals surface area contributed by atoms with Crippen molar-refractivity contribution in [3.05, 3.63) is 34.1 Å². The smallest absolute Gasteiger partial charge is 0.327 e. The van der Waals surface area contributed by atoms with Crippen LogP contribution in [0.4, 0.5) is 15.8 Å². The summed E-state index contributed by atoms with van der Waals surface area (Å²) in [5.74, 6) is -0.875. The van der Waals surface area contributed by atoms with E-state index in [0.29, 0.717) is 6.42 Å². The first kappa shape index (κ1) is 13.4. The summed E-state index contributed by atoms with van der Waals surface area (Å²) in [5, 5.41) is 22.5. The molecule has 17 heavy (non-hydrogen) atoms. The predicted octanol–water partition coefficient (Wildman–Crippen LogP) is 2.31. The lowest BCUT2D eigenvalue weighted by Gasteiger charge is -2.26. The Labute approximate surface area is 98.4 Å². The third-order valence-electron chi connectivity index (χ3n) is 2.38. The van der Waals surface area contributed by atoms with E-state index in [-0.39, 0.29) is 12.3 Å². The van der Waals surface area contributed by atoms with Gasteiger partial charge in [0.25, 0.3) is 0 Å². The molecule has 6 heteroatoms. The fraction of sp³-hybridized carbons (Fsp3) is 0.455. The van der Waals surface area contributed by atoms with Gasteiger partial charge in [-0.05, 0) is 32.4 Å². The highest BCUT2D eigenvalue weighted by atomic mass is 19.1. The maximum atomic E-state index is 13.3. The fourth-order valence-corrected chi connectivity index (χ4v) is 1.51. The molecule has 0 saturated carbocycles. The van der Waals surface area contributed by atoms with Crippen LogP contribution in [0.2, 0.25) is 0 Å². The lowest BCUT2D eigenvalue weighted by atomic mass is 10.0. The van der Waals surface area contributed by atoms with Gasteiger partial charge in [0.15, 0.2) is 0 Å². The number of benzene rings is 1. The topological polar surface area (TPSA) is 75.4 Å². The molecule has 0 spiro atoms. The molecule has 0 aliphatic carbocycles. The van der Waals surface area contributed by atoms with E-state index in [0.717, 1.165) is 6.07 Å². The first-order chi connectivity index (χ1) is 7.87. The number of aliphatic hydroxyl groups excluding tert-OH is 1. The highest BCUT2D eigenvalue weighted by Gasteiger charge is 2.25. The Morgan fingerprint density at radius 2 is 2.18 bits per heavy atom. The Balaban J connectivity index is 3.06. The zero-order valence-corrected chi connectivity index (χ0v) is 9.74. The molecule has 0 radical (unpaired) electrons. The van der Waals surface area contributed by atoms with Crippen molar-refractivity contribution in [3.8, 4) is 0 Å². The number of nitrogens with one attached hydrogen (secondary N) is 1. The summed E-state index contributed by atoms with van der Waals surface area (Å²) in [6, 6.07) is 3.89. The van der Waals surface area contributed by atoms with E-state index in [4.69, 9.17) is 5.11 Å². The molecule has 0 aliphatic heterocycles. The van der Waals surface area contributed by atoms with Crippen molar-refractivity contribution in [1.29, 1.82) is 0 Å². The standard InChI is InChI=1S/C11H15FN2O3/c1-11(2,6-7-15)13-9-5-3-4-8(12)10(9)14(16)17/h3-5,13,15H,6-7H2,1-2H3. The zero-order valence-electron chi connectivity index (χ0n) is 9.74. The molecular formula is C11H15FN2O3. The number of para-hydroxylation sites is 1. The zero-order chi connectivity index (χ0) is 13.1. The summed E-state index contributed by atoms with van der Waals surface area (Å²) in [6.45, 7) is 3.50. The Kier molecular flexibility index (Phi) is 4.01. The van der Waals surface area contributed by atoms with Crippen molar-refractivity contribution in [2.24, 2.45) is 0 Å². The first-order valence-electron chi connectivity index (χ1n) is 5.19. The summed E-state index contributed by atoms with van der Waals surface area (Å²) >= 11 is 0. The summed E-state index contributed by atoms with van der Waals surface area (Å²) in [7, 11) is 0. The van der Waals surface area contributed by atoms with Crippen LogP contribution in [0.5, 0.6) is 0 Å². The molecule has 0 fully saturated rings. The molecule has 0 unspecified atom stereocenters. The SMILES string of the molecule is CC(C)(CCO)Nc1cccc(F)c1[N+](=O)[O-]. The van der Waals surface area contributed by atoms with Gasteiger partial charge in [0.1, 0.15) is 5.69 Å². The Bertz CT molecular complexity index is 421. The van der Waals surface area contributed by atoms with Gasteiger partial charge >= 0.3 is 5.69 Å². The third kappa shape index (κ3) is 3.39. The van der Waals surface area contributed by atoms with Crippen molar-refractivity contribution in [3.63, 3.8) is 0 Å². The maximum Gasteiger partial charge on any atom is 0.327 e. The van der Waals surface area contributed by atoms with Crippen molar-refractivity contribution in [2.45, 2.75) is 25.8 Å². The molecule has 0 bridgehead atoms. The molecule has 0 aliphatic rings. The quantitative estimate of drug-likeness (QED) is 0.613. The number of halogens is 1. The van der Waals surface area contributed by atoms with Crippen LogP contribution in [0, 0.1) is 15.9 Å². The van der Waals surface area contributed by atoms with Crippen LogP contribution < -0.4 is 5.32 Å². The Morgan fingerprint density at radius 1 is 1.53 bits per heavy atom. The number of hydrogen-bond acceptors (Lipinski definition) is 4. The summed E-state index contributed by atoms with van der Waals surface area (Å²) in [6.07, 6.45) is 0.403. The van der Waals surface area contributed by atoms with Crippen molar-refractivity contribution >= 4 is 11.4 Å². The van der Waals surface area contributed by atoms with Gasteiger partial charge in [-0.15, -0.1) is 0 Å². The largest absolute Gasteiger partial charge is 0.396 e. The average Bonchev–Trinajstić information content (AvgIpc) is 2.15. The van der Waals surface area contributed by atoms with Crippen LogP contribution in [0.3, 0.4) is 0 Å². The average molecular weight is 242 g/mol. The predicted molar refractivity (Wildman–Crippen MR) is 62.5 cm³/mol. The molecule has 0 amide bonds. The minimum absolute atomic E-state index is 0.0525. The number of nitro benzene ring substituents is 1. The molecule has 0 aromatic heterocycles. The van der Waals surface area contributed by atoms with Crippen molar-refractivity contribution in [1.82, 2.24) is 0 Å². The summed E-state index contributed by atoms with van der Waals surface area (Å²) < 4.78 is 13.3. The normalized spacial score (nSPS) is 11.3. The molecule has 1 aromatic carbocycles. The van der Waals surface area contributed by atoms with Gasteiger partial charge in [-0.2, -0.15) is 4.39 Å². The summed E-state index contributed by atoms with van der Waals surface area (Å²) in [5.41, 5.74) is -1.00. The monoisotopic (exact) mass is 242 g/mol. The van der Waals surface area contributed by atoms with Gasteiger partial charge in [-0.25, -0.2) is 0 Å². The fourth-order valence-electron chi connectivity index (χ4n) is 1.51. The van der Waals surface area contributed by atoms with Gasteiger partial charge in [-0.1, -0.05) is 6.07 Å². The number of hydrogen-bond donors (Lipinski definition) is 2. The van der Waals surface area contributed by atoms with E-state index >= 15 is 0 Å². The number of nitro groups is 1. The highest BCUT2D eigenvalue weighted by molar-refractivity contribution is 5.63. The maximum absolute atomic E-state index is 13.3. The molecular weight excluding hydrogens is 227 g/mol. The van der Waals surface area contributed by atoms with E-state index in [1.165, 1.54) is 12.1 Å². The van der Waals surface area contributed by atoms with E-state index in [1.54, 1.807) is 13.8 Å². The first-order valence-corrected chi connectivity index (χ1v) is 5.19. The van der Waals surface area contributed by atoms with Crippen LogP contribution in [-0.2, 0) is 0 Å². The highest BCUT2D eigenvalue weighted by Crippen LogP contribution is 2.30. The van der Waals surface area contributed by atoms with Crippen LogP contribution in [-0.4, -0.2) is 22.2 Å². The van der Waals surface area contributed by atoms with E-state index < -0.39 is 22.0 Å². The second-order valence-corrected chi connectivity index (χ2v) is 4.38. The molecule has 0 saturated heterocycles. The number of anilines is 1. The van der Waals surface area contributed by atoms with Gasteiger partial charge in [0, 0.05) is 12.1 Å². The van der Waals surface area contributed by atoms with E-state index in [9.17, 15) is 14.5 Å². The molecule has 5 nitrogen and oxygen atoms in total. The van der Waals surface area contributed by atoms with Crippen molar-refractivity contribution in [2.75, 3.05) is 11.9 Å². The third-order valence-corrected chi connectivity index (χ3v) is 2.38. The second-order valence-electron chi connectivity index (χ2n) is 4.38.